The van der Waals surface area contributed by atoms with Crippen molar-refractivity contribution in [1.29, 1.82) is 0 Å². The Kier molecular flexibility index (Phi) is 4.70. The lowest BCUT2D eigenvalue weighted by Gasteiger charge is -2.38. The maximum atomic E-state index is 9.68. The van der Waals surface area contributed by atoms with Gasteiger partial charge in [-0.05, 0) is 32.2 Å². The molecule has 0 spiro atoms. The summed E-state index contributed by atoms with van der Waals surface area (Å²) in [6.45, 7) is 6.62. The zero-order valence-corrected chi connectivity index (χ0v) is 10.1. The van der Waals surface area contributed by atoms with Gasteiger partial charge in [-0.2, -0.15) is 0 Å². The van der Waals surface area contributed by atoms with Crippen molar-refractivity contribution in [3.8, 4) is 0 Å². The maximum absolute atomic E-state index is 9.68. The first-order valence-corrected chi connectivity index (χ1v) is 6.25. The zero-order valence-electron chi connectivity index (χ0n) is 8.54. The smallest absolute Gasteiger partial charge is 0.0693 e. The number of rotatable bonds is 3. The minimum absolute atomic E-state index is 0.115. The summed E-state index contributed by atoms with van der Waals surface area (Å²) in [7, 11) is 0. The minimum atomic E-state index is -0.115. The first-order chi connectivity index (χ1) is 6.15. The molecule has 1 aliphatic heterocycles. The van der Waals surface area contributed by atoms with Gasteiger partial charge < -0.3 is 5.11 Å². The van der Waals surface area contributed by atoms with Gasteiger partial charge >= 0.3 is 0 Å². The van der Waals surface area contributed by atoms with E-state index in [2.05, 4.69) is 34.7 Å². The van der Waals surface area contributed by atoms with Crippen molar-refractivity contribution in [3.63, 3.8) is 0 Å². The lowest BCUT2D eigenvalue weighted by atomic mass is 9.99. The number of piperidine rings is 1. The van der Waals surface area contributed by atoms with Gasteiger partial charge in [0, 0.05) is 17.9 Å². The summed E-state index contributed by atoms with van der Waals surface area (Å²) in [4.78, 5) is 2.40. The second-order valence-corrected chi connectivity index (χ2v) is 4.85. The molecule has 0 aliphatic carbocycles. The summed E-state index contributed by atoms with van der Waals surface area (Å²) in [5.41, 5.74) is 0. The van der Waals surface area contributed by atoms with Crippen LogP contribution in [-0.4, -0.2) is 40.6 Å². The summed E-state index contributed by atoms with van der Waals surface area (Å²) in [6, 6.07) is 0.343. The molecular weight excluding hydrogens is 230 g/mol. The first-order valence-electron chi connectivity index (χ1n) is 5.13. The van der Waals surface area contributed by atoms with Gasteiger partial charge in [-0.1, -0.05) is 22.9 Å². The van der Waals surface area contributed by atoms with Crippen molar-refractivity contribution in [3.05, 3.63) is 0 Å². The standard InChI is InChI=1S/C10H20BrNO/c1-8(6-11)7-12-5-3-4-10(13)9(12)2/h8-10,13H,3-7H2,1-2H3. The van der Waals surface area contributed by atoms with E-state index in [0.717, 1.165) is 31.3 Å². The second-order valence-electron chi connectivity index (χ2n) is 4.20. The van der Waals surface area contributed by atoms with Crippen LogP contribution >= 0.6 is 15.9 Å². The highest BCUT2D eigenvalue weighted by Crippen LogP contribution is 2.18. The number of hydrogen-bond acceptors (Lipinski definition) is 2. The molecule has 0 bridgehead atoms. The molecule has 13 heavy (non-hydrogen) atoms. The highest BCUT2D eigenvalue weighted by Gasteiger charge is 2.26. The Labute approximate surface area is 89.4 Å². The topological polar surface area (TPSA) is 23.5 Å². The third kappa shape index (κ3) is 3.22. The molecule has 0 radical (unpaired) electrons. The monoisotopic (exact) mass is 249 g/mol. The normalized spacial score (nSPS) is 33.2. The van der Waals surface area contributed by atoms with Gasteiger partial charge in [-0.15, -0.1) is 0 Å². The lowest BCUT2D eigenvalue weighted by Crippen LogP contribution is -2.47. The number of aliphatic hydroxyl groups is 1. The molecule has 0 aromatic rings. The average molecular weight is 250 g/mol. The van der Waals surface area contributed by atoms with E-state index in [1.807, 2.05) is 0 Å². The summed E-state index contributed by atoms with van der Waals surface area (Å²) in [5, 5.41) is 10.7. The van der Waals surface area contributed by atoms with Gasteiger partial charge in [0.15, 0.2) is 0 Å². The quantitative estimate of drug-likeness (QED) is 0.773. The predicted molar refractivity (Wildman–Crippen MR) is 59.2 cm³/mol. The Morgan fingerprint density at radius 1 is 1.62 bits per heavy atom. The third-order valence-corrected chi connectivity index (χ3v) is 3.99. The molecule has 1 saturated heterocycles. The first kappa shape index (κ1) is 11.5. The number of hydrogen-bond donors (Lipinski definition) is 1. The van der Waals surface area contributed by atoms with Gasteiger partial charge in [0.05, 0.1) is 6.10 Å². The third-order valence-electron chi connectivity index (χ3n) is 2.89. The maximum Gasteiger partial charge on any atom is 0.0693 e. The van der Waals surface area contributed by atoms with E-state index >= 15 is 0 Å². The van der Waals surface area contributed by atoms with Gasteiger partial charge in [0.2, 0.25) is 0 Å². The van der Waals surface area contributed by atoms with Crippen LogP contribution in [0.4, 0.5) is 0 Å². The molecule has 78 valence electrons. The Morgan fingerprint density at radius 3 is 2.92 bits per heavy atom. The van der Waals surface area contributed by atoms with Crippen LogP contribution in [0.1, 0.15) is 26.7 Å². The molecule has 1 N–H and O–H groups in total. The van der Waals surface area contributed by atoms with E-state index < -0.39 is 0 Å². The van der Waals surface area contributed by atoms with Crippen LogP contribution in [0.25, 0.3) is 0 Å². The molecule has 1 rings (SSSR count). The highest BCUT2D eigenvalue weighted by atomic mass is 79.9. The van der Waals surface area contributed by atoms with Gasteiger partial charge in [-0.25, -0.2) is 0 Å². The predicted octanol–water partition coefficient (Wildman–Crippen LogP) is 1.86. The van der Waals surface area contributed by atoms with E-state index in [4.69, 9.17) is 0 Å². The molecule has 2 nitrogen and oxygen atoms in total. The van der Waals surface area contributed by atoms with Crippen molar-refractivity contribution in [2.45, 2.75) is 38.8 Å². The Hall–Kier alpha value is 0.400. The highest BCUT2D eigenvalue weighted by molar-refractivity contribution is 9.09. The van der Waals surface area contributed by atoms with Crippen LogP contribution in [-0.2, 0) is 0 Å². The van der Waals surface area contributed by atoms with E-state index in [0.29, 0.717) is 12.0 Å². The number of alkyl halides is 1. The van der Waals surface area contributed by atoms with Crippen molar-refractivity contribution >= 4 is 15.9 Å². The fourth-order valence-electron chi connectivity index (χ4n) is 1.90. The average Bonchev–Trinajstić information content (AvgIpc) is 2.13. The number of aliphatic hydroxyl groups excluding tert-OH is 1. The number of likely N-dealkylation sites (tertiary alicyclic amines) is 1. The Bertz CT molecular complexity index is 154. The van der Waals surface area contributed by atoms with Gasteiger partial charge in [0.1, 0.15) is 0 Å². The van der Waals surface area contributed by atoms with Crippen LogP contribution in [0.15, 0.2) is 0 Å². The zero-order chi connectivity index (χ0) is 9.84. The van der Waals surface area contributed by atoms with Crippen LogP contribution < -0.4 is 0 Å². The van der Waals surface area contributed by atoms with Gasteiger partial charge in [-0.3, -0.25) is 4.90 Å². The Morgan fingerprint density at radius 2 is 2.31 bits per heavy atom. The molecule has 0 aromatic carbocycles. The van der Waals surface area contributed by atoms with Crippen molar-refractivity contribution in [2.75, 3.05) is 18.4 Å². The number of halogens is 1. The van der Waals surface area contributed by atoms with Crippen LogP contribution in [0, 0.1) is 5.92 Å². The van der Waals surface area contributed by atoms with E-state index in [1.165, 1.54) is 0 Å². The summed E-state index contributed by atoms with van der Waals surface area (Å²) in [6.07, 6.45) is 2.00. The molecule has 1 heterocycles. The molecular formula is C10H20BrNO. The second kappa shape index (κ2) is 5.32. The molecule has 3 heteroatoms. The molecule has 3 atom stereocenters. The summed E-state index contributed by atoms with van der Waals surface area (Å²) < 4.78 is 0. The molecule has 0 saturated carbocycles. The SMILES string of the molecule is CC(CBr)CN1CCCC(O)C1C. The number of nitrogens with zero attached hydrogens (tertiary/aromatic N) is 1. The minimum Gasteiger partial charge on any atom is -0.392 e. The van der Waals surface area contributed by atoms with E-state index in [9.17, 15) is 5.11 Å². The lowest BCUT2D eigenvalue weighted by molar-refractivity contribution is 0.0149. The summed E-state index contributed by atoms with van der Waals surface area (Å²) in [5.74, 6) is 0.674. The largest absolute Gasteiger partial charge is 0.392 e. The molecule has 1 fully saturated rings. The van der Waals surface area contributed by atoms with E-state index in [1.54, 1.807) is 0 Å². The van der Waals surface area contributed by atoms with Crippen molar-refractivity contribution in [1.82, 2.24) is 4.90 Å². The molecule has 0 aromatic heterocycles. The van der Waals surface area contributed by atoms with Crippen LogP contribution in [0.5, 0.6) is 0 Å². The van der Waals surface area contributed by atoms with Crippen molar-refractivity contribution in [2.24, 2.45) is 5.92 Å². The van der Waals surface area contributed by atoms with Crippen molar-refractivity contribution < 1.29 is 5.11 Å². The molecule has 1 aliphatic rings. The van der Waals surface area contributed by atoms with E-state index in [-0.39, 0.29) is 6.10 Å². The fourth-order valence-corrected chi connectivity index (χ4v) is 2.10. The Balaban J connectivity index is 2.39. The van der Waals surface area contributed by atoms with Gasteiger partial charge in [0.25, 0.3) is 0 Å². The van der Waals surface area contributed by atoms with Crippen LogP contribution in [0.3, 0.4) is 0 Å². The molecule has 0 amide bonds. The van der Waals surface area contributed by atoms with Crippen LogP contribution in [0.2, 0.25) is 0 Å². The fraction of sp³-hybridized carbons (Fsp3) is 1.00. The summed E-state index contributed by atoms with van der Waals surface area (Å²) >= 11 is 3.49. The molecule has 3 unspecified atom stereocenters.